The maximum absolute atomic E-state index is 13.1. The summed E-state index contributed by atoms with van der Waals surface area (Å²) in [5.74, 6) is -2.39. The van der Waals surface area contributed by atoms with Crippen molar-refractivity contribution in [2.24, 2.45) is 0 Å². The van der Waals surface area contributed by atoms with E-state index < -0.39 is 30.1 Å². The second-order valence-corrected chi connectivity index (χ2v) is 3.34. The lowest BCUT2D eigenvalue weighted by atomic mass is 10.1. The van der Waals surface area contributed by atoms with E-state index in [-0.39, 0.29) is 12.1 Å². The van der Waals surface area contributed by atoms with Gasteiger partial charge in [0, 0.05) is 6.54 Å². The summed E-state index contributed by atoms with van der Waals surface area (Å²) in [5.41, 5.74) is -0.263. The first-order chi connectivity index (χ1) is 7.79. The van der Waals surface area contributed by atoms with E-state index in [1.165, 1.54) is 6.07 Å². The molecule has 0 amide bonds. The number of hydrogen-bond acceptors (Lipinski definition) is 2. The SMILES string of the molecule is O=C(O)c1ccc(CNCC(F)(F)F)cc1F. The third-order valence-corrected chi connectivity index (χ3v) is 1.92. The van der Waals surface area contributed by atoms with Gasteiger partial charge in [0.2, 0.25) is 0 Å². The molecular weight excluding hydrogens is 242 g/mol. The Kier molecular flexibility index (Phi) is 4.06. The molecule has 7 heteroatoms. The molecule has 0 heterocycles. The first kappa shape index (κ1) is 13.4. The van der Waals surface area contributed by atoms with Crippen LogP contribution < -0.4 is 5.32 Å². The molecule has 0 unspecified atom stereocenters. The van der Waals surface area contributed by atoms with E-state index in [9.17, 15) is 22.4 Å². The van der Waals surface area contributed by atoms with Crippen molar-refractivity contribution in [2.75, 3.05) is 6.54 Å². The third-order valence-electron chi connectivity index (χ3n) is 1.92. The van der Waals surface area contributed by atoms with E-state index in [1.54, 1.807) is 0 Å². The third kappa shape index (κ3) is 4.39. The Morgan fingerprint density at radius 2 is 2.00 bits per heavy atom. The molecule has 0 radical (unpaired) electrons. The van der Waals surface area contributed by atoms with Crippen LogP contribution in [0.2, 0.25) is 0 Å². The molecule has 1 rings (SSSR count). The van der Waals surface area contributed by atoms with E-state index in [0.717, 1.165) is 12.1 Å². The summed E-state index contributed by atoms with van der Waals surface area (Å²) >= 11 is 0. The molecule has 2 N–H and O–H groups in total. The highest BCUT2D eigenvalue weighted by molar-refractivity contribution is 5.87. The fourth-order valence-electron chi connectivity index (χ4n) is 1.19. The van der Waals surface area contributed by atoms with E-state index in [2.05, 4.69) is 5.32 Å². The van der Waals surface area contributed by atoms with E-state index in [0.29, 0.717) is 0 Å². The van der Waals surface area contributed by atoms with Gasteiger partial charge in [0.1, 0.15) is 5.82 Å². The van der Waals surface area contributed by atoms with Gasteiger partial charge in [-0.3, -0.25) is 0 Å². The van der Waals surface area contributed by atoms with Crippen molar-refractivity contribution in [3.8, 4) is 0 Å². The first-order valence-corrected chi connectivity index (χ1v) is 4.59. The van der Waals surface area contributed by atoms with Gasteiger partial charge >= 0.3 is 12.1 Å². The topological polar surface area (TPSA) is 49.3 Å². The Morgan fingerprint density at radius 1 is 1.35 bits per heavy atom. The fourth-order valence-corrected chi connectivity index (χ4v) is 1.19. The second-order valence-electron chi connectivity index (χ2n) is 3.34. The van der Waals surface area contributed by atoms with Gasteiger partial charge in [0.05, 0.1) is 12.1 Å². The molecule has 0 saturated carbocycles. The minimum absolute atomic E-state index is 0.184. The van der Waals surface area contributed by atoms with Crippen LogP contribution in [0.3, 0.4) is 0 Å². The van der Waals surface area contributed by atoms with Crippen LogP contribution in [-0.2, 0) is 6.54 Å². The minimum atomic E-state index is -4.33. The molecule has 0 atom stereocenters. The predicted molar refractivity (Wildman–Crippen MR) is 51.1 cm³/mol. The molecule has 0 aromatic heterocycles. The number of halogens is 4. The largest absolute Gasteiger partial charge is 0.478 e. The molecule has 0 aliphatic heterocycles. The molecule has 0 aliphatic rings. The van der Waals surface area contributed by atoms with Crippen molar-refractivity contribution in [3.63, 3.8) is 0 Å². The molecule has 1 aromatic carbocycles. The molecule has 3 nitrogen and oxygen atoms in total. The lowest BCUT2D eigenvalue weighted by Crippen LogP contribution is -2.28. The van der Waals surface area contributed by atoms with Crippen molar-refractivity contribution in [2.45, 2.75) is 12.7 Å². The highest BCUT2D eigenvalue weighted by Crippen LogP contribution is 2.14. The Hall–Kier alpha value is -1.63. The average Bonchev–Trinajstić information content (AvgIpc) is 2.15. The number of nitrogens with one attached hydrogen (secondary N) is 1. The number of benzene rings is 1. The summed E-state index contributed by atoms with van der Waals surface area (Å²) < 4.78 is 48.5. The fraction of sp³-hybridized carbons (Fsp3) is 0.300. The van der Waals surface area contributed by atoms with Crippen LogP contribution in [0, 0.1) is 5.82 Å². The standard InChI is InChI=1S/C10H9F4NO2/c11-8-3-6(1-2-7(8)9(16)17)4-15-5-10(12,13)14/h1-3,15H,4-5H2,(H,16,17). The molecule has 1 aromatic rings. The minimum Gasteiger partial charge on any atom is -0.478 e. The summed E-state index contributed by atoms with van der Waals surface area (Å²) in [6, 6.07) is 3.17. The van der Waals surface area contributed by atoms with Crippen molar-refractivity contribution in [3.05, 3.63) is 35.1 Å². The number of carboxylic acid groups (broad SMARTS) is 1. The van der Waals surface area contributed by atoms with Gasteiger partial charge in [-0.1, -0.05) is 6.07 Å². The zero-order valence-electron chi connectivity index (χ0n) is 8.51. The quantitative estimate of drug-likeness (QED) is 0.806. The van der Waals surface area contributed by atoms with Crippen LogP contribution in [0.1, 0.15) is 15.9 Å². The van der Waals surface area contributed by atoms with Gasteiger partial charge in [-0.2, -0.15) is 13.2 Å². The number of hydrogen-bond donors (Lipinski definition) is 2. The first-order valence-electron chi connectivity index (χ1n) is 4.59. The molecule has 17 heavy (non-hydrogen) atoms. The highest BCUT2D eigenvalue weighted by Gasteiger charge is 2.26. The number of rotatable bonds is 4. The van der Waals surface area contributed by atoms with Crippen LogP contribution in [0.4, 0.5) is 17.6 Å². The lowest BCUT2D eigenvalue weighted by Gasteiger charge is -2.08. The molecule has 0 fully saturated rings. The smallest absolute Gasteiger partial charge is 0.401 e. The van der Waals surface area contributed by atoms with Crippen LogP contribution in [0.15, 0.2) is 18.2 Å². The van der Waals surface area contributed by atoms with Gasteiger partial charge in [-0.15, -0.1) is 0 Å². The van der Waals surface area contributed by atoms with E-state index in [1.807, 2.05) is 0 Å². The number of carbonyl (C=O) groups is 1. The van der Waals surface area contributed by atoms with Crippen molar-refractivity contribution in [1.82, 2.24) is 5.32 Å². The normalized spacial score (nSPS) is 11.5. The van der Waals surface area contributed by atoms with Gasteiger partial charge < -0.3 is 10.4 Å². The number of alkyl halides is 3. The summed E-state index contributed by atoms with van der Waals surface area (Å²) in [7, 11) is 0. The summed E-state index contributed by atoms with van der Waals surface area (Å²) in [6.45, 7) is -1.37. The maximum atomic E-state index is 13.1. The Labute approximate surface area is 94.1 Å². The lowest BCUT2D eigenvalue weighted by molar-refractivity contribution is -0.125. The van der Waals surface area contributed by atoms with Gasteiger partial charge in [-0.05, 0) is 17.7 Å². The van der Waals surface area contributed by atoms with Crippen LogP contribution >= 0.6 is 0 Å². The Bertz CT molecular complexity index is 417. The van der Waals surface area contributed by atoms with Crippen molar-refractivity contribution >= 4 is 5.97 Å². The number of aromatic carboxylic acids is 1. The molecule has 0 saturated heterocycles. The van der Waals surface area contributed by atoms with Crippen molar-refractivity contribution in [1.29, 1.82) is 0 Å². The average molecular weight is 251 g/mol. The summed E-state index contributed by atoms with van der Waals surface area (Å²) in [5, 5.41) is 10.6. The molecule has 0 spiro atoms. The highest BCUT2D eigenvalue weighted by atomic mass is 19.4. The summed E-state index contributed by atoms with van der Waals surface area (Å²) in [4.78, 5) is 10.5. The van der Waals surface area contributed by atoms with E-state index in [4.69, 9.17) is 5.11 Å². The van der Waals surface area contributed by atoms with Gasteiger partial charge in [0.25, 0.3) is 0 Å². The van der Waals surface area contributed by atoms with Crippen LogP contribution in [-0.4, -0.2) is 23.8 Å². The number of carboxylic acids is 1. The van der Waals surface area contributed by atoms with Crippen molar-refractivity contribution < 1.29 is 27.5 Å². The molecule has 94 valence electrons. The van der Waals surface area contributed by atoms with E-state index >= 15 is 0 Å². The van der Waals surface area contributed by atoms with Crippen LogP contribution in [0.5, 0.6) is 0 Å². The predicted octanol–water partition coefficient (Wildman–Crippen LogP) is 2.18. The molecule has 0 aliphatic carbocycles. The Morgan fingerprint density at radius 3 is 2.47 bits per heavy atom. The second kappa shape index (κ2) is 5.13. The molecular formula is C10H9F4NO2. The van der Waals surface area contributed by atoms with Gasteiger partial charge in [0.15, 0.2) is 0 Å². The van der Waals surface area contributed by atoms with Gasteiger partial charge in [-0.25, -0.2) is 9.18 Å². The molecule has 0 bridgehead atoms. The summed E-state index contributed by atoms with van der Waals surface area (Å²) in [6.07, 6.45) is -4.33. The monoisotopic (exact) mass is 251 g/mol. The van der Waals surface area contributed by atoms with Crippen LogP contribution in [0.25, 0.3) is 0 Å². The zero-order valence-corrected chi connectivity index (χ0v) is 8.51. The zero-order chi connectivity index (χ0) is 13.1. The maximum Gasteiger partial charge on any atom is 0.401 e. The Balaban J connectivity index is 2.62.